The van der Waals surface area contributed by atoms with Gasteiger partial charge < -0.3 is 24.7 Å². The first-order chi connectivity index (χ1) is 13.7. The molecule has 144 valence electrons. The van der Waals surface area contributed by atoms with Crippen LogP contribution in [0.25, 0.3) is 0 Å². The number of amides is 1. The average molecular weight is 379 g/mol. The molecule has 1 aromatic carbocycles. The Morgan fingerprint density at radius 1 is 1.07 bits per heavy atom. The molecule has 0 saturated carbocycles. The molecule has 1 aliphatic rings. The van der Waals surface area contributed by atoms with Gasteiger partial charge in [0.15, 0.2) is 5.76 Å². The fraction of sp³-hybridized carbons (Fsp3) is 0.250. The number of anilines is 4. The molecule has 0 aliphatic carbocycles. The van der Waals surface area contributed by atoms with Crippen LogP contribution in [0.4, 0.5) is 23.0 Å². The van der Waals surface area contributed by atoms with Gasteiger partial charge in [-0.1, -0.05) is 0 Å². The van der Waals surface area contributed by atoms with E-state index in [0.717, 1.165) is 30.4 Å². The molecule has 8 nitrogen and oxygen atoms in total. The van der Waals surface area contributed by atoms with Crippen LogP contribution in [0, 0.1) is 6.92 Å². The van der Waals surface area contributed by atoms with Crippen LogP contribution in [0.3, 0.4) is 0 Å². The second kappa shape index (κ2) is 8.10. The number of benzene rings is 1. The van der Waals surface area contributed by atoms with E-state index in [9.17, 15) is 4.79 Å². The number of aromatic nitrogens is 2. The highest BCUT2D eigenvalue weighted by Crippen LogP contribution is 2.22. The number of aryl methyl sites for hydroxylation is 1. The van der Waals surface area contributed by atoms with E-state index in [0.29, 0.717) is 24.7 Å². The topological polar surface area (TPSA) is 92.5 Å². The maximum absolute atomic E-state index is 12.0. The Morgan fingerprint density at radius 3 is 2.54 bits per heavy atom. The van der Waals surface area contributed by atoms with E-state index >= 15 is 0 Å². The SMILES string of the molecule is Cc1nc(Nc2ccc(NC(=O)c3ccco3)cc2)cc(N2CCOCC2)n1. The number of carbonyl (C=O) groups excluding carboxylic acids is 1. The summed E-state index contributed by atoms with van der Waals surface area (Å²) in [6.07, 6.45) is 1.47. The Morgan fingerprint density at radius 2 is 1.82 bits per heavy atom. The number of hydrogen-bond donors (Lipinski definition) is 2. The van der Waals surface area contributed by atoms with Crippen molar-refractivity contribution in [2.24, 2.45) is 0 Å². The Hall–Kier alpha value is -3.39. The lowest BCUT2D eigenvalue weighted by atomic mass is 10.2. The van der Waals surface area contributed by atoms with E-state index in [1.54, 1.807) is 12.1 Å². The molecule has 3 aromatic rings. The second-order valence-electron chi connectivity index (χ2n) is 6.39. The van der Waals surface area contributed by atoms with Crippen molar-refractivity contribution in [1.82, 2.24) is 9.97 Å². The van der Waals surface area contributed by atoms with Gasteiger partial charge in [-0.2, -0.15) is 0 Å². The van der Waals surface area contributed by atoms with Gasteiger partial charge in [0.1, 0.15) is 17.5 Å². The minimum absolute atomic E-state index is 0.273. The third-order valence-electron chi connectivity index (χ3n) is 4.32. The highest BCUT2D eigenvalue weighted by atomic mass is 16.5. The number of ether oxygens (including phenoxy) is 1. The summed E-state index contributed by atoms with van der Waals surface area (Å²) >= 11 is 0. The van der Waals surface area contributed by atoms with Crippen molar-refractivity contribution < 1.29 is 13.9 Å². The van der Waals surface area contributed by atoms with E-state index in [1.807, 2.05) is 37.3 Å². The molecule has 28 heavy (non-hydrogen) atoms. The molecule has 0 bridgehead atoms. The molecule has 1 fully saturated rings. The van der Waals surface area contributed by atoms with Gasteiger partial charge in [-0.3, -0.25) is 4.79 Å². The minimum Gasteiger partial charge on any atom is -0.459 e. The van der Waals surface area contributed by atoms with Crippen LogP contribution >= 0.6 is 0 Å². The van der Waals surface area contributed by atoms with Crippen molar-refractivity contribution >= 4 is 28.9 Å². The zero-order chi connectivity index (χ0) is 19.3. The van der Waals surface area contributed by atoms with Crippen LogP contribution in [-0.4, -0.2) is 42.2 Å². The van der Waals surface area contributed by atoms with Crippen LogP contribution in [0.15, 0.2) is 53.1 Å². The van der Waals surface area contributed by atoms with Crippen LogP contribution < -0.4 is 15.5 Å². The third-order valence-corrected chi connectivity index (χ3v) is 4.32. The zero-order valence-electron chi connectivity index (χ0n) is 15.5. The van der Waals surface area contributed by atoms with Crippen molar-refractivity contribution in [3.63, 3.8) is 0 Å². The summed E-state index contributed by atoms with van der Waals surface area (Å²) in [5.41, 5.74) is 1.54. The van der Waals surface area contributed by atoms with Crippen LogP contribution in [0.1, 0.15) is 16.4 Å². The summed E-state index contributed by atoms with van der Waals surface area (Å²) in [6.45, 7) is 4.93. The van der Waals surface area contributed by atoms with Crippen LogP contribution in [0.5, 0.6) is 0 Å². The lowest BCUT2D eigenvalue weighted by molar-refractivity contribution is 0.0996. The first-order valence-electron chi connectivity index (χ1n) is 9.08. The summed E-state index contributed by atoms with van der Waals surface area (Å²) in [5, 5.41) is 6.08. The highest BCUT2D eigenvalue weighted by Gasteiger charge is 2.14. The predicted molar refractivity (Wildman–Crippen MR) is 106 cm³/mol. The molecule has 3 heterocycles. The number of nitrogens with zero attached hydrogens (tertiary/aromatic N) is 3. The molecular formula is C20H21N5O3. The van der Waals surface area contributed by atoms with Crippen LogP contribution in [-0.2, 0) is 4.74 Å². The van der Waals surface area contributed by atoms with Gasteiger partial charge in [-0.15, -0.1) is 0 Å². The van der Waals surface area contributed by atoms with Crippen molar-refractivity contribution in [3.8, 4) is 0 Å². The molecule has 2 N–H and O–H groups in total. The average Bonchev–Trinajstić information content (AvgIpc) is 3.25. The molecule has 1 amide bonds. The minimum atomic E-state index is -0.285. The Kier molecular flexibility index (Phi) is 5.20. The monoisotopic (exact) mass is 379 g/mol. The number of morpholine rings is 1. The Labute approximate surface area is 162 Å². The quantitative estimate of drug-likeness (QED) is 0.703. The summed E-state index contributed by atoms with van der Waals surface area (Å²) in [6, 6.07) is 12.6. The predicted octanol–water partition coefficient (Wildman–Crippen LogP) is 3.21. The fourth-order valence-electron chi connectivity index (χ4n) is 2.96. The zero-order valence-corrected chi connectivity index (χ0v) is 15.5. The third kappa shape index (κ3) is 4.29. The van der Waals surface area contributed by atoms with Gasteiger partial charge in [0.05, 0.1) is 19.5 Å². The summed E-state index contributed by atoms with van der Waals surface area (Å²) < 4.78 is 10.5. The maximum Gasteiger partial charge on any atom is 0.291 e. The summed E-state index contributed by atoms with van der Waals surface area (Å²) in [5.74, 6) is 2.30. The molecule has 8 heteroatoms. The molecule has 4 rings (SSSR count). The molecule has 0 spiro atoms. The largest absolute Gasteiger partial charge is 0.459 e. The van der Waals surface area contributed by atoms with E-state index in [1.165, 1.54) is 6.26 Å². The lowest BCUT2D eigenvalue weighted by Crippen LogP contribution is -2.36. The molecule has 2 aromatic heterocycles. The molecular weight excluding hydrogens is 358 g/mol. The van der Waals surface area contributed by atoms with E-state index in [4.69, 9.17) is 9.15 Å². The van der Waals surface area contributed by atoms with Crippen molar-refractivity contribution in [2.75, 3.05) is 41.8 Å². The molecule has 1 aliphatic heterocycles. The van der Waals surface area contributed by atoms with Crippen molar-refractivity contribution in [2.45, 2.75) is 6.92 Å². The molecule has 1 saturated heterocycles. The van der Waals surface area contributed by atoms with Gasteiger partial charge in [0.25, 0.3) is 5.91 Å². The molecule has 0 unspecified atom stereocenters. The maximum atomic E-state index is 12.0. The summed E-state index contributed by atoms with van der Waals surface area (Å²) in [4.78, 5) is 23.2. The first kappa shape index (κ1) is 18.0. The van der Waals surface area contributed by atoms with Crippen molar-refractivity contribution in [3.05, 3.63) is 60.3 Å². The Bertz CT molecular complexity index is 935. The van der Waals surface area contributed by atoms with Crippen molar-refractivity contribution in [1.29, 1.82) is 0 Å². The van der Waals surface area contributed by atoms with Gasteiger partial charge >= 0.3 is 0 Å². The number of furan rings is 1. The fourth-order valence-corrected chi connectivity index (χ4v) is 2.96. The first-order valence-corrected chi connectivity index (χ1v) is 9.08. The van der Waals surface area contributed by atoms with Gasteiger partial charge in [-0.05, 0) is 43.3 Å². The van der Waals surface area contributed by atoms with E-state index in [2.05, 4.69) is 25.5 Å². The summed E-state index contributed by atoms with van der Waals surface area (Å²) in [7, 11) is 0. The number of hydrogen-bond acceptors (Lipinski definition) is 7. The Balaban J connectivity index is 1.44. The molecule has 0 atom stereocenters. The van der Waals surface area contributed by atoms with Gasteiger partial charge in [-0.25, -0.2) is 9.97 Å². The normalized spacial score (nSPS) is 14.0. The lowest BCUT2D eigenvalue weighted by Gasteiger charge is -2.28. The second-order valence-corrected chi connectivity index (χ2v) is 6.39. The molecule has 0 radical (unpaired) electrons. The standard InChI is InChI=1S/C20H21N5O3/c1-14-21-18(13-19(22-14)25-8-11-27-12-9-25)23-15-4-6-16(7-5-15)24-20(26)17-3-2-10-28-17/h2-7,10,13H,8-9,11-12H2,1H3,(H,24,26)(H,21,22,23). The van der Waals surface area contributed by atoms with Crippen LogP contribution in [0.2, 0.25) is 0 Å². The number of nitrogens with one attached hydrogen (secondary N) is 2. The van der Waals surface area contributed by atoms with E-state index < -0.39 is 0 Å². The highest BCUT2D eigenvalue weighted by molar-refractivity contribution is 6.02. The number of rotatable bonds is 5. The number of carbonyl (C=O) groups is 1. The smallest absolute Gasteiger partial charge is 0.291 e. The van der Waals surface area contributed by atoms with E-state index in [-0.39, 0.29) is 11.7 Å². The van der Waals surface area contributed by atoms with Gasteiger partial charge in [0, 0.05) is 30.5 Å². The van der Waals surface area contributed by atoms with Gasteiger partial charge in [0.2, 0.25) is 0 Å².